The molecule has 0 saturated heterocycles. The predicted octanol–water partition coefficient (Wildman–Crippen LogP) is 4.10. The highest BCUT2D eigenvalue weighted by Gasteiger charge is 2.10. The van der Waals surface area contributed by atoms with Gasteiger partial charge < -0.3 is 14.8 Å². The second-order valence-electron chi connectivity index (χ2n) is 5.83. The monoisotopic (exact) mass is 297 g/mol. The summed E-state index contributed by atoms with van der Waals surface area (Å²) in [5.74, 6) is 1.46. The molecular formula is C16H24ClNO2. The van der Waals surface area contributed by atoms with Crippen LogP contribution in [0.2, 0.25) is 0 Å². The molecular weight excluding hydrogens is 274 g/mol. The molecule has 1 aromatic rings. The van der Waals surface area contributed by atoms with Crippen LogP contribution in [0, 0.1) is 0 Å². The van der Waals surface area contributed by atoms with Crippen molar-refractivity contribution in [1.29, 1.82) is 0 Å². The van der Waals surface area contributed by atoms with Gasteiger partial charge in [0.2, 0.25) is 0 Å². The van der Waals surface area contributed by atoms with E-state index in [4.69, 9.17) is 21.1 Å². The van der Waals surface area contributed by atoms with E-state index in [9.17, 15) is 0 Å². The van der Waals surface area contributed by atoms with Gasteiger partial charge in [0, 0.05) is 17.6 Å². The van der Waals surface area contributed by atoms with E-state index in [1.54, 1.807) is 7.11 Å². The highest BCUT2D eigenvalue weighted by Crippen LogP contribution is 2.28. The lowest BCUT2D eigenvalue weighted by Gasteiger charge is -2.21. The summed E-state index contributed by atoms with van der Waals surface area (Å²) >= 11 is 5.64. The van der Waals surface area contributed by atoms with E-state index in [-0.39, 0.29) is 5.54 Å². The molecule has 0 fully saturated rings. The summed E-state index contributed by atoms with van der Waals surface area (Å²) in [5, 5.41) is 3.45. The van der Waals surface area contributed by atoms with E-state index in [1.807, 2.05) is 25.1 Å². The molecule has 1 rings (SSSR count). The molecule has 0 saturated carbocycles. The van der Waals surface area contributed by atoms with Gasteiger partial charge in [-0.15, -0.1) is 0 Å². The molecule has 0 bridgehead atoms. The fourth-order valence-electron chi connectivity index (χ4n) is 1.53. The molecule has 0 atom stereocenters. The summed E-state index contributed by atoms with van der Waals surface area (Å²) in [7, 11) is 1.64. The quantitative estimate of drug-likeness (QED) is 0.857. The van der Waals surface area contributed by atoms with Crippen molar-refractivity contribution in [1.82, 2.24) is 5.32 Å². The normalized spacial score (nSPS) is 12.4. The summed E-state index contributed by atoms with van der Waals surface area (Å²) in [5.41, 5.74) is 3.73. The largest absolute Gasteiger partial charge is 0.493 e. The molecule has 3 nitrogen and oxygen atoms in total. The van der Waals surface area contributed by atoms with Crippen LogP contribution in [0.4, 0.5) is 0 Å². The zero-order valence-corrected chi connectivity index (χ0v) is 13.7. The molecule has 0 aliphatic heterocycles. The van der Waals surface area contributed by atoms with Crippen molar-refractivity contribution in [2.75, 3.05) is 13.7 Å². The van der Waals surface area contributed by atoms with Crippen molar-refractivity contribution in [3.8, 4) is 11.5 Å². The molecule has 4 heteroatoms. The molecule has 0 heterocycles. The highest BCUT2D eigenvalue weighted by molar-refractivity contribution is 6.25. The first-order valence-electron chi connectivity index (χ1n) is 6.66. The summed E-state index contributed by atoms with van der Waals surface area (Å²) in [6.07, 6.45) is 0. The van der Waals surface area contributed by atoms with Crippen LogP contribution in [-0.4, -0.2) is 19.3 Å². The van der Waals surface area contributed by atoms with Crippen LogP contribution in [0.5, 0.6) is 11.5 Å². The second-order valence-corrected chi connectivity index (χ2v) is 6.05. The third kappa shape index (κ3) is 5.85. The van der Waals surface area contributed by atoms with Crippen LogP contribution >= 0.6 is 11.6 Å². The minimum absolute atomic E-state index is 0.0822. The molecule has 0 aromatic heterocycles. The standard InChI is InChI=1S/C16H24ClNO2/c1-12(9-17)11-20-15-8-13(6-7-14(15)19-5)10-18-16(2,3)4/h6-9,18H,10-11H2,1-5H3/b12-9+. The van der Waals surface area contributed by atoms with Crippen molar-refractivity contribution in [3.63, 3.8) is 0 Å². The van der Waals surface area contributed by atoms with Gasteiger partial charge in [-0.1, -0.05) is 17.7 Å². The van der Waals surface area contributed by atoms with Gasteiger partial charge in [-0.3, -0.25) is 0 Å². The molecule has 1 aromatic carbocycles. The van der Waals surface area contributed by atoms with Gasteiger partial charge in [0.1, 0.15) is 6.61 Å². The number of rotatable bonds is 6. The maximum atomic E-state index is 5.75. The molecule has 20 heavy (non-hydrogen) atoms. The molecule has 0 aliphatic carbocycles. The third-order valence-electron chi connectivity index (χ3n) is 2.69. The molecule has 0 radical (unpaired) electrons. The summed E-state index contributed by atoms with van der Waals surface area (Å²) in [4.78, 5) is 0. The molecule has 112 valence electrons. The van der Waals surface area contributed by atoms with Crippen LogP contribution in [0.1, 0.15) is 33.3 Å². The predicted molar refractivity (Wildman–Crippen MR) is 84.7 cm³/mol. The number of nitrogens with one attached hydrogen (secondary N) is 1. The van der Waals surface area contributed by atoms with E-state index < -0.39 is 0 Å². The first-order valence-corrected chi connectivity index (χ1v) is 7.10. The van der Waals surface area contributed by atoms with Crippen LogP contribution in [0.3, 0.4) is 0 Å². The lowest BCUT2D eigenvalue weighted by molar-refractivity contribution is 0.318. The van der Waals surface area contributed by atoms with E-state index in [2.05, 4.69) is 26.1 Å². The van der Waals surface area contributed by atoms with Crippen LogP contribution in [0.15, 0.2) is 29.3 Å². The van der Waals surface area contributed by atoms with Crippen LogP contribution in [-0.2, 0) is 6.54 Å². The van der Waals surface area contributed by atoms with Crippen molar-refractivity contribution >= 4 is 11.6 Å². The Morgan fingerprint density at radius 1 is 1.30 bits per heavy atom. The zero-order chi connectivity index (χ0) is 15.2. The summed E-state index contributed by atoms with van der Waals surface area (Å²) in [6, 6.07) is 5.96. The van der Waals surface area contributed by atoms with Gasteiger partial charge in [0.15, 0.2) is 11.5 Å². The minimum atomic E-state index is 0.0822. The molecule has 0 spiro atoms. The number of hydrogen-bond acceptors (Lipinski definition) is 3. The molecule has 1 N–H and O–H groups in total. The SMILES string of the molecule is COc1ccc(CNC(C)(C)C)cc1OC/C(C)=C/Cl. The second kappa shape index (κ2) is 7.55. The molecule has 0 amide bonds. The Morgan fingerprint density at radius 2 is 2.00 bits per heavy atom. The number of methoxy groups -OCH3 is 1. The first-order chi connectivity index (χ1) is 9.35. The third-order valence-corrected chi connectivity index (χ3v) is 3.07. The average Bonchev–Trinajstić information content (AvgIpc) is 2.41. The van der Waals surface area contributed by atoms with E-state index in [1.165, 1.54) is 5.54 Å². The zero-order valence-electron chi connectivity index (χ0n) is 12.9. The average molecular weight is 298 g/mol. The Hall–Kier alpha value is -1.19. The lowest BCUT2D eigenvalue weighted by atomic mass is 10.1. The van der Waals surface area contributed by atoms with E-state index in [0.717, 1.165) is 29.2 Å². The van der Waals surface area contributed by atoms with Crippen molar-refractivity contribution in [2.24, 2.45) is 0 Å². The van der Waals surface area contributed by atoms with Crippen molar-refractivity contribution < 1.29 is 9.47 Å². The summed E-state index contributed by atoms with van der Waals surface area (Å²) in [6.45, 7) is 9.59. The summed E-state index contributed by atoms with van der Waals surface area (Å²) < 4.78 is 11.1. The van der Waals surface area contributed by atoms with Crippen molar-refractivity contribution in [2.45, 2.75) is 39.8 Å². The number of ether oxygens (including phenoxy) is 2. The Kier molecular flexibility index (Phi) is 6.37. The highest BCUT2D eigenvalue weighted by atomic mass is 35.5. The Labute approximate surface area is 126 Å². The first kappa shape index (κ1) is 16.9. The Balaban J connectivity index is 2.80. The van der Waals surface area contributed by atoms with Gasteiger partial charge in [0.05, 0.1) is 7.11 Å². The molecule has 0 unspecified atom stereocenters. The smallest absolute Gasteiger partial charge is 0.161 e. The molecule has 0 aliphatic rings. The number of hydrogen-bond donors (Lipinski definition) is 1. The van der Waals surface area contributed by atoms with E-state index >= 15 is 0 Å². The number of benzene rings is 1. The Morgan fingerprint density at radius 3 is 2.55 bits per heavy atom. The minimum Gasteiger partial charge on any atom is -0.493 e. The van der Waals surface area contributed by atoms with Crippen molar-refractivity contribution in [3.05, 3.63) is 34.9 Å². The lowest BCUT2D eigenvalue weighted by Crippen LogP contribution is -2.35. The Bertz CT molecular complexity index is 464. The van der Waals surface area contributed by atoms with Gasteiger partial charge in [-0.25, -0.2) is 0 Å². The van der Waals surface area contributed by atoms with Gasteiger partial charge in [-0.05, 0) is 51.0 Å². The van der Waals surface area contributed by atoms with Gasteiger partial charge >= 0.3 is 0 Å². The van der Waals surface area contributed by atoms with Crippen LogP contribution < -0.4 is 14.8 Å². The fraction of sp³-hybridized carbons (Fsp3) is 0.500. The van der Waals surface area contributed by atoms with E-state index in [0.29, 0.717) is 6.61 Å². The fourth-order valence-corrected chi connectivity index (χ4v) is 1.60. The maximum absolute atomic E-state index is 5.75. The number of halogens is 1. The van der Waals surface area contributed by atoms with Gasteiger partial charge in [0.25, 0.3) is 0 Å². The topological polar surface area (TPSA) is 30.5 Å². The van der Waals surface area contributed by atoms with Crippen LogP contribution in [0.25, 0.3) is 0 Å². The maximum Gasteiger partial charge on any atom is 0.161 e. The van der Waals surface area contributed by atoms with Gasteiger partial charge in [-0.2, -0.15) is 0 Å².